The van der Waals surface area contributed by atoms with Crippen molar-refractivity contribution in [1.82, 2.24) is 20.5 Å². The molecular weight excluding hydrogens is 480 g/mol. The molecule has 1 spiro atoms. The zero-order valence-corrected chi connectivity index (χ0v) is 23.7. The molecule has 1 amide bonds. The molecule has 4 fully saturated rings. The third-order valence-electron chi connectivity index (χ3n) is 10.4. The molecular formula is C34H44N4O. The number of benzene rings is 2. The molecule has 2 saturated carbocycles. The van der Waals surface area contributed by atoms with Gasteiger partial charge in [0.15, 0.2) is 0 Å². The summed E-state index contributed by atoms with van der Waals surface area (Å²) in [6.45, 7) is 8.80. The summed E-state index contributed by atoms with van der Waals surface area (Å²) in [6.07, 6.45) is 12.1. The average molecular weight is 525 g/mol. The maximum Gasteiger partial charge on any atom is 0.251 e. The molecule has 0 unspecified atom stereocenters. The molecule has 1 aromatic heterocycles. The lowest BCUT2D eigenvalue weighted by Crippen LogP contribution is -2.47. The maximum absolute atomic E-state index is 13.0. The Balaban J connectivity index is 1.16. The van der Waals surface area contributed by atoms with Crippen molar-refractivity contribution in [3.8, 4) is 0 Å². The van der Waals surface area contributed by atoms with E-state index in [4.69, 9.17) is 0 Å². The number of likely N-dealkylation sites (tertiary alicyclic amines) is 1. The molecule has 5 heteroatoms. The predicted molar refractivity (Wildman–Crippen MR) is 158 cm³/mol. The largest absolute Gasteiger partial charge is 0.361 e. The van der Waals surface area contributed by atoms with Crippen molar-refractivity contribution in [1.29, 1.82) is 0 Å². The minimum absolute atomic E-state index is 0.0711. The Bertz CT molecular complexity index is 1340. The van der Waals surface area contributed by atoms with E-state index in [1.165, 1.54) is 60.6 Å². The number of nitrogens with zero attached hydrogens (tertiary/aromatic N) is 1. The van der Waals surface area contributed by atoms with Crippen LogP contribution < -0.4 is 10.6 Å². The number of carbonyl (C=O) groups is 1. The van der Waals surface area contributed by atoms with Gasteiger partial charge in [-0.25, -0.2) is 0 Å². The highest BCUT2D eigenvalue weighted by Gasteiger charge is 2.47. The van der Waals surface area contributed by atoms with Gasteiger partial charge in [-0.2, -0.15) is 0 Å². The van der Waals surface area contributed by atoms with Crippen LogP contribution in [0.15, 0.2) is 42.6 Å². The third-order valence-corrected chi connectivity index (χ3v) is 10.4. The predicted octanol–water partition coefficient (Wildman–Crippen LogP) is 6.59. The summed E-state index contributed by atoms with van der Waals surface area (Å²) in [5.74, 6) is 1.66. The summed E-state index contributed by atoms with van der Waals surface area (Å²) in [6, 6.07) is 14.1. The lowest BCUT2D eigenvalue weighted by Gasteiger charge is -2.54. The van der Waals surface area contributed by atoms with Gasteiger partial charge in [-0.3, -0.25) is 9.69 Å². The maximum atomic E-state index is 13.0. The van der Waals surface area contributed by atoms with Crippen molar-refractivity contribution in [2.45, 2.75) is 89.8 Å². The zero-order valence-electron chi connectivity index (χ0n) is 23.7. The standard InChI is InChI=1S/C34H44N4O/c1-22-18-34(19-22)12-16-38(21-30-28-11-15-36-32(28)23(2)17-29(30)24-3-4-24)31(20-34)25-5-7-26(8-6-25)33(39)37-27-9-13-35-14-10-27/h5-8,11,15,17,22,24,27,31,35-36H,3-4,9-10,12-14,16,18-21H2,1-2H3,(H,37,39)/t22?,31-,34?/m0/s1. The van der Waals surface area contributed by atoms with Gasteiger partial charge in [0.05, 0.1) is 0 Å². The molecule has 0 bridgehead atoms. The van der Waals surface area contributed by atoms with Gasteiger partial charge in [-0.1, -0.05) is 25.1 Å². The first-order chi connectivity index (χ1) is 19.0. The molecule has 2 aliphatic heterocycles. The number of carbonyl (C=O) groups excluding carboxylic acids is 1. The highest BCUT2D eigenvalue weighted by molar-refractivity contribution is 5.94. The van der Waals surface area contributed by atoms with Gasteiger partial charge < -0.3 is 15.6 Å². The molecule has 0 radical (unpaired) electrons. The van der Waals surface area contributed by atoms with Gasteiger partial charge >= 0.3 is 0 Å². The van der Waals surface area contributed by atoms with E-state index >= 15 is 0 Å². The number of fused-ring (bicyclic) bond motifs is 1. The van der Waals surface area contributed by atoms with E-state index < -0.39 is 0 Å². The van der Waals surface area contributed by atoms with Crippen molar-refractivity contribution in [2.24, 2.45) is 11.3 Å². The second-order valence-electron chi connectivity index (χ2n) is 13.4. The van der Waals surface area contributed by atoms with Crippen LogP contribution in [0, 0.1) is 18.3 Å². The summed E-state index contributed by atoms with van der Waals surface area (Å²) in [4.78, 5) is 19.3. The van der Waals surface area contributed by atoms with E-state index in [0.29, 0.717) is 11.5 Å². The molecule has 4 aliphatic rings. The van der Waals surface area contributed by atoms with E-state index in [1.807, 2.05) is 0 Å². The quantitative estimate of drug-likeness (QED) is 0.341. The Morgan fingerprint density at radius 2 is 1.82 bits per heavy atom. The normalized spacial score (nSPS) is 28.1. The van der Waals surface area contributed by atoms with Crippen molar-refractivity contribution in [2.75, 3.05) is 19.6 Å². The number of H-pyrrole nitrogens is 1. The molecule has 1 atom stereocenters. The van der Waals surface area contributed by atoms with Crippen LogP contribution in [0.4, 0.5) is 0 Å². The van der Waals surface area contributed by atoms with Crippen LogP contribution in [-0.4, -0.2) is 41.5 Å². The molecule has 3 heterocycles. The van der Waals surface area contributed by atoms with Crippen LogP contribution in [0.25, 0.3) is 10.9 Å². The number of aromatic nitrogens is 1. The van der Waals surface area contributed by atoms with Gasteiger partial charge in [-0.15, -0.1) is 0 Å². The summed E-state index contributed by atoms with van der Waals surface area (Å²) < 4.78 is 0. The minimum Gasteiger partial charge on any atom is -0.361 e. The van der Waals surface area contributed by atoms with Crippen LogP contribution in [0.1, 0.15) is 103 Å². The zero-order chi connectivity index (χ0) is 26.6. The summed E-state index contributed by atoms with van der Waals surface area (Å²) >= 11 is 0. The minimum atomic E-state index is 0.0711. The second-order valence-corrected chi connectivity index (χ2v) is 13.4. The second kappa shape index (κ2) is 10.1. The van der Waals surface area contributed by atoms with Crippen LogP contribution in [-0.2, 0) is 6.54 Å². The van der Waals surface area contributed by atoms with Crippen molar-refractivity contribution in [3.63, 3.8) is 0 Å². The van der Waals surface area contributed by atoms with E-state index in [-0.39, 0.29) is 11.9 Å². The highest BCUT2D eigenvalue weighted by Crippen LogP contribution is 2.57. The van der Waals surface area contributed by atoms with E-state index in [2.05, 4.69) is 77.0 Å². The first-order valence-corrected chi connectivity index (χ1v) is 15.4. The molecule has 2 aromatic carbocycles. The van der Waals surface area contributed by atoms with Crippen molar-refractivity contribution in [3.05, 3.63) is 70.4 Å². The Kier molecular flexibility index (Phi) is 6.55. The fraction of sp³-hybridized carbons (Fsp3) is 0.559. The molecule has 2 saturated heterocycles. The summed E-state index contributed by atoms with van der Waals surface area (Å²) in [5, 5.41) is 8.05. The van der Waals surface area contributed by atoms with E-state index in [1.54, 1.807) is 11.1 Å². The topological polar surface area (TPSA) is 60.2 Å². The van der Waals surface area contributed by atoms with Crippen molar-refractivity contribution < 1.29 is 4.79 Å². The Hall–Kier alpha value is -2.63. The van der Waals surface area contributed by atoms with Crippen LogP contribution in [0.3, 0.4) is 0 Å². The molecule has 3 N–H and O–H groups in total. The van der Waals surface area contributed by atoms with Gasteiger partial charge in [0.2, 0.25) is 0 Å². The van der Waals surface area contributed by atoms with E-state index in [0.717, 1.165) is 56.4 Å². The van der Waals surface area contributed by atoms with Gasteiger partial charge in [0.25, 0.3) is 5.91 Å². The third kappa shape index (κ3) is 4.93. The molecule has 7 rings (SSSR count). The Labute approximate surface area is 233 Å². The Morgan fingerprint density at radius 3 is 2.54 bits per heavy atom. The SMILES string of the molecule is Cc1cc(C2CC2)c(CN2CCC3(CC(C)C3)C[C@H]2c2ccc(C(=O)NC3CCNCC3)cc2)c2cc[nH]c12. The molecule has 2 aliphatic carbocycles. The Morgan fingerprint density at radius 1 is 1.05 bits per heavy atom. The van der Waals surface area contributed by atoms with Crippen LogP contribution >= 0.6 is 0 Å². The van der Waals surface area contributed by atoms with Gasteiger partial charge in [-0.05, 0) is 136 Å². The molecule has 5 nitrogen and oxygen atoms in total. The first kappa shape index (κ1) is 25.3. The van der Waals surface area contributed by atoms with Crippen molar-refractivity contribution >= 4 is 16.8 Å². The number of hydrogen-bond acceptors (Lipinski definition) is 3. The fourth-order valence-corrected chi connectivity index (χ4v) is 8.21. The number of aromatic amines is 1. The van der Waals surface area contributed by atoms with Crippen LogP contribution in [0.2, 0.25) is 0 Å². The fourth-order valence-electron chi connectivity index (χ4n) is 8.21. The molecule has 3 aromatic rings. The molecule has 206 valence electrons. The van der Waals surface area contributed by atoms with Crippen LogP contribution in [0.5, 0.6) is 0 Å². The number of rotatable bonds is 6. The van der Waals surface area contributed by atoms with Gasteiger partial charge in [0, 0.05) is 41.3 Å². The lowest BCUT2D eigenvalue weighted by atomic mass is 9.56. The smallest absolute Gasteiger partial charge is 0.251 e. The monoisotopic (exact) mass is 524 g/mol. The molecule has 39 heavy (non-hydrogen) atoms. The van der Waals surface area contributed by atoms with E-state index in [9.17, 15) is 4.79 Å². The summed E-state index contributed by atoms with van der Waals surface area (Å²) in [5.41, 5.74) is 8.46. The number of aryl methyl sites for hydroxylation is 1. The average Bonchev–Trinajstić information content (AvgIpc) is 3.66. The van der Waals surface area contributed by atoms with Gasteiger partial charge in [0.1, 0.15) is 0 Å². The summed E-state index contributed by atoms with van der Waals surface area (Å²) in [7, 11) is 0. The number of nitrogens with one attached hydrogen (secondary N) is 3. The number of amides is 1. The number of hydrogen-bond donors (Lipinski definition) is 3. The first-order valence-electron chi connectivity index (χ1n) is 15.4. The highest BCUT2D eigenvalue weighted by atomic mass is 16.1. The number of piperidine rings is 2. The lowest BCUT2D eigenvalue weighted by molar-refractivity contribution is -0.0396.